The highest BCUT2D eigenvalue weighted by Gasteiger charge is 2.79. The highest BCUT2D eigenvalue weighted by atomic mass is 16.5. The lowest BCUT2D eigenvalue weighted by molar-refractivity contribution is -0.163. The summed E-state index contributed by atoms with van der Waals surface area (Å²) in [5.74, 6) is -3.78. The van der Waals surface area contributed by atoms with E-state index in [0.29, 0.717) is 4.90 Å². The molecule has 2 spiro atoms. The van der Waals surface area contributed by atoms with Crippen molar-refractivity contribution in [1.29, 1.82) is 0 Å². The quantitative estimate of drug-likeness (QED) is 0.378. The van der Waals surface area contributed by atoms with Gasteiger partial charge < -0.3 is 10.1 Å². The molecule has 2 atom stereocenters. The van der Waals surface area contributed by atoms with E-state index in [4.69, 9.17) is 4.74 Å². The smallest absolute Gasteiger partial charge is 0.330 e. The van der Waals surface area contributed by atoms with Crippen molar-refractivity contribution in [2.45, 2.75) is 11.0 Å². The Morgan fingerprint density at radius 3 is 2.41 bits per heavy atom. The van der Waals surface area contributed by atoms with Gasteiger partial charge in [0.15, 0.2) is 5.41 Å². The fourth-order valence-electron chi connectivity index (χ4n) is 4.26. The number of aromatic nitrogens is 2. The largest absolute Gasteiger partial charge is 0.450 e. The molecule has 12 heteroatoms. The molecular weight excluding hydrogens is 386 g/mol. The number of hydrogen-bond acceptors (Lipinski definition) is 7. The van der Waals surface area contributed by atoms with Crippen molar-refractivity contribution in [2.75, 3.05) is 12.4 Å². The number of ether oxygens (including phenoxy) is 1. The van der Waals surface area contributed by atoms with Gasteiger partial charge >= 0.3 is 11.7 Å². The van der Waals surface area contributed by atoms with E-state index >= 15 is 0 Å². The topological polar surface area (TPSA) is 171 Å². The number of benzene rings is 1. The van der Waals surface area contributed by atoms with Gasteiger partial charge in [0, 0.05) is 18.3 Å². The molecule has 0 aliphatic carbocycles. The lowest BCUT2D eigenvalue weighted by Crippen LogP contribution is -2.76. The van der Waals surface area contributed by atoms with E-state index < -0.39 is 57.5 Å². The van der Waals surface area contributed by atoms with Crippen molar-refractivity contribution in [3.63, 3.8) is 0 Å². The first kappa shape index (κ1) is 16.9. The fourth-order valence-corrected chi connectivity index (χ4v) is 4.26. The number of hydrogen-bond donors (Lipinski definition) is 4. The molecule has 0 bridgehead atoms. The molecule has 0 saturated carbocycles. The Morgan fingerprint density at radius 2 is 1.66 bits per heavy atom. The summed E-state index contributed by atoms with van der Waals surface area (Å²) < 4.78 is 5.61. The van der Waals surface area contributed by atoms with Crippen molar-refractivity contribution in [3.05, 3.63) is 56.2 Å². The lowest BCUT2D eigenvalue weighted by Gasteiger charge is -2.41. The molecule has 2 aromatic rings. The molecular formula is C17H11N5O7. The van der Waals surface area contributed by atoms with E-state index in [9.17, 15) is 28.8 Å². The number of carbonyl (C=O) groups excluding carboxylic acids is 4. The lowest BCUT2D eigenvalue weighted by atomic mass is 9.63. The number of carbonyl (C=O) groups is 4. The number of imide groups is 2. The molecule has 1 saturated heterocycles. The van der Waals surface area contributed by atoms with Crippen molar-refractivity contribution in [1.82, 2.24) is 20.2 Å². The maximum Gasteiger partial charge on any atom is 0.330 e. The van der Waals surface area contributed by atoms with Crippen LogP contribution in [0.15, 0.2) is 33.9 Å². The number of nitrogens with one attached hydrogen (secondary N) is 4. The number of fused-ring (bicyclic) bond motifs is 5. The molecule has 1 fully saturated rings. The number of H-pyrrole nitrogens is 2. The number of urea groups is 1. The van der Waals surface area contributed by atoms with E-state index in [-0.39, 0.29) is 11.3 Å². The van der Waals surface area contributed by atoms with Crippen molar-refractivity contribution >= 4 is 29.4 Å². The Morgan fingerprint density at radius 1 is 0.931 bits per heavy atom. The fraction of sp³-hybridized carbons (Fsp3) is 0.176. The van der Waals surface area contributed by atoms with Crippen LogP contribution in [0.25, 0.3) is 0 Å². The third-order valence-corrected chi connectivity index (χ3v) is 5.44. The molecule has 4 N–H and O–H groups in total. The molecule has 146 valence electrons. The van der Waals surface area contributed by atoms with Crippen LogP contribution in [0, 0.1) is 0 Å². The van der Waals surface area contributed by atoms with Gasteiger partial charge in [-0.25, -0.2) is 9.59 Å². The highest BCUT2D eigenvalue weighted by molar-refractivity contribution is 6.29. The Kier molecular flexibility index (Phi) is 2.91. The van der Waals surface area contributed by atoms with Gasteiger partial charge in [-0.2, -0.15) is 0 Å². The summed E-state index contributed by atoms with van der Waals surface area (Å²) in [7, 11) is 1.09. The van der Waals surface area contributed by atoms with Gasteiger partial charge in [0.25, 0.3) is 23.0 Å². The second-order valence-electron chi connectivity index (χ2n) is 6.77. The normalized spacial score (nSPS) is 27.0. The van der Waals surface area contributed by atoms with E-state index in [1.165, 1.54) is 12.1 Å². The van der Waals surface area contributed by atoms with Crippen LogP contribution in [0.5, 0.6) is 5.88 Å². The van der Waals surface area contributed by atoms with E-state index in [2.05, 4.69) is 10.3 Å². The monoisotopic (exact) mass is 397 g/mol. The third kappa shape index (κ3) is 1.65. The average molecular weight is 397 g/mol. The zero-order valence-corrected chi connectivity index (χ0v) is 14.6. The number of rotatable bonds is 0. The van der Waals surface area contributed by atoms with Gasteiger partial charge in [-0.05, 0) is 6.07 Å². The minimum absolute atomic E-state index is 0.118. The number of anilines is 1. The second-order valence-corrected chi connectivity index (χ2v) is 6.77. The van der Waals surface area contributed by atoms with Crippen LogP contribution < -0.4 is 26.6 Å². The van der Waals surface area contributed by atoms with Gasteiger partial charge in [0.2, 0.25) is 11.8 Å². The molecule has 12 nitrogen and oxygen atoms in total. The van der Waals surface area contributed by atoms with Crippen LogP contribution in [0.3, 0.4) is 0 Å². The summed E-state index contributed by atoms with van der Waals surface area (Å²) in [5, 5.41) is 4.53. The first-order valence-corrected chi connectivity index (χ1v) is 8.35. The molecule has 0 radical (unpaired) electrons. The first-order valence-electron chi connectivity index (χ1n) is 8.35. The van der Waals surface area contributed by atoms with Gasteiger partial charge in [-0.1, -0.05) is 18.2 Å². The van der Waals surface area contributed by atoms with E-state index in [1.54, 1.807) is 12.1 Å². The minimum Gasteiger partial charge on any atom is -0.450 e. The van der Waals surface area contributed by atoms with Crippen molar-refractivity contribution < 1.29 is 23.9 Å². The zero-order chi connectivity index (χ0) is 20.7. The number of para-hydroxylation sites is 1. The molecule has 29 heavy (non-hydrogen) atoms. The standard InChI is InChI=1S/C17H11N5O7/c1-22-13(26)17(12(25)21-15(22)28)16(6-4-2-3-5-7(6)18-11(16)24)8-9(23)19-14(27)20-10(8)29-17/h2-5H,1H3,(H,18,24)(H,21,25,28)(H2,19,20,23,27). The summed E-state index contributed by atoms with van der Waals surface area (Å²) in [4.78, 5) is 81.0. The van der Waals surface area contributed by atoms with Crippen LogP contribution in [-0.2, 0) is 19.8 Å². The van der Waals surface area contributed by atoms with Crippen LogP contribution in [0.4, 0.5) is 10.5 Å². The predicted molar refractivity (Wildman–Crippen MR) is 93.2 cm³/mol. The van der Waals surface area contributed by atoms with Crippen LogP contribution in [-0.4, -0.2) is 51.3 Å². The summed E-state index contributed by atoms with van der Waals surface area (Å²) in [6.45, 7) is 0. The highest BCUT2D eigenvalue weighted by Crippen LogP contribution is 2.57. The third-order valence-electron chi connectivity index (χ3n) is 5.44. The SMILES string of the molecule is CN1C(=O)NC(=O)C2(Oc3[nH]c(=O)[nH]c(=O)c3C23C(=O)Nc2ccccc23)C1=O. The Bertz CT molecular complexity index is 1290. The molecule has 5 rings (SSSR count). The summed E-state index contributed by atoms with van der Waals surface area (Å²) in [6.07, 6.45) is 0. The van der Waals surface area contributed by atoms with Crippen molar-refractivity contribution in [2.24, 2.45) is 0 Å². The molecule has 3 aliphatic rings. The molecule has 1 aromatic heterocycles. The van der Waals surface area contributed by atoms with Gasteiger partial charge in [-0.15, -0.1) is 0 Å². The number of likely N-dealkylation sites (N-methyl/N-ethyl adjacent to an activating group) is 1. The predicted octanol–water partition coefficient (Wildman–Crippen LogP) is -1.86. The Labute approximate surface area is 159 Å². The molecule has 2 unspecified atom stereocenters. The summed E-state index contributed by atoms with van der Waals surface area (Å²) >= 11 is 0. The first-order chi connectivity index (χ1) is 13.7. The summed E-state index contributed by atoms with van der Waals surface area (Å²) in [6, 6.07) is 5.11. The minimum atomic E-state index is -2.66. The molecule has 1 aromatic carbocycles. The van der Waals surface area contributed by atoms with Crippen LogP contribution in [0.2, 0.25) is 0 Å². The van der Waals surface area contributed by atoms with Crippen LogP contribution in [0.1, 0.15) is 11.1 Å². The van der Waals surface area contributed by atoms with Gasteiger partial charge in [-0.3, -0.25) is 39.4 Å². The van der Waals surface area contributed by atoms with Crippen LogP contribution >= 0.6 is 0 Å². The Balaban J connectivity index is 1.98. The number of aromatic amines is 2. The maximum atomic E-state index is 13.3. The Hall–Kier alpha value is -4.22. The number of nitrogens with zero attached hydrogens (tertiary/aromatic N) is 1. The maximum absolute atomic E-state index is 13.3. The zero-order valence-electron chi connectivity index (χ0n) is 14.6. The number of amides is 5. The average Bonchev–Trinajstić information content (AvgIpc) is 3.14. The summed E-state index contributed by atoms with van der Waals surface area (Å²) in [5.41, 5.74) is -6.94. The molecule has 4 heterocycles. The van der Waals surface area contributed by atoms with Gasteiger partial charge in [0.1, 0.15) is 5.56 Å². The number of barbiturate groups is 1. The second kappa shape index (κ2) is 4.98. The van der Waals surface area contributed by atoms with Crippen molar-refractivity contribution in [3.8, 4) is 5.88 Å². The molecule has 3 aliphatic heterocycles. The van der Waals surface area contributed by atoms with E-state index in [1.807, 2.05) is 10.3 Å². The van der Waals surface area contributed by atoms with E-state index in [0.717, 1.165) is 7.05 Å². The molecule has 5 amide bonds. The van der Waals surface area contributed by atoms with Gasteiger partial charge in [0.05, 0.1) is 0 Å².